The molecule has 2 heterocycles. The second kappa shape index (κ2) is 6.90. The smallest absolute Gasteiger partial charge is 0.254 e. The quantitative estimate of drug-likeness (QED) is 0.835. The van der Waals surface area contributed by atoms with Crippen LogP contribution in [0.4, 0.5) is 0 Å². The van der Waals surface area contributed by atoms with Crippen molar-refractivity contribution < 1.29 is 14.3 Å². The zero-order chi connectivity index (χ0) is 17.3. The maximum Gasteiger partial charge on any atom is 0.254 e. The molecular weight excluding hydrogens is 328 g/mol. The summed E-state index contributed by atoms with van der Waals surface area (Å²) in [6.45, 7) is 3.40. The summed E-state index contributed by atoms with van der Waals surface area (Å²) in [7, 11) is 5.49. The van der Waals surface area contributed by atoms with Gasteiger partial charge in [-0.25, -0.2) is 0 Å². The third-order valence-corrected chi connectivity index (χ3v) is 5.71. The standard InChI is InChI=1S/C18H25ClN2O3/c1-20-7-6-13(10-23-2)9-18(20)11-21(12-18)17(22)14-4-5-16(24-3)15(19)8-14/h4-5,8,13H,6-7,9-12H2,1-3H3/t13-/m1/s1. The summed E-state index contributed by atoms with van der Waals surface area (Å²) < 4.78 is 10.5. The topological polar surface area (TPSA) is 42.0 Å². The van der Waals surface area contributed by atoms with Gasteiger partial charge in [-0.3, -0.25) is 9.69 Å². The van der Waals surface area contributed by atoms with E-state index in [0.717, 1.165) is 39.1 Å². The molecule has 0 N–H and O–H groups in total. The first kappa shape index (κ1) is 17.5. The molecule has 1 aromatic carbocycles. The molecule has 0 aromatic heterocycles. The number of halogens is 1. The largest absolute Gasteiger partial charge is 0.495 e. The van der Waals surface area contributed by atoms with Gasteiger partial charge >= 0.3 is 0 Å². The summed E-state index contributed by atoms with van der Waals surface area (Å²) in [6.07, 6.45) is 2.25. The first-order valence-corrected chi connectivity index (χ1v) is 8.70. The zero-order valence-electron chi connectivity index (χ0n) is 14.5. The molecule has 1 amide bonds. The van der Waals surface area contributed by atoms with Crippen molar-refractivity contribution in [3.63, 3.8) is 0 Å². The van der Waals surface area contributed by atoms with Gasteiger partial charge in [0.05, 0.1) is 17.7 Å². The average Bonchev–Trinajstić information content (AvgIpc) is 2.54. The highest BCUT2D eigenvalue weighted by Gasteiger charge is 2.50. The Morgan fingerprint density at radius 2 is 2.12 bits per heavy atom. The number of ether oxygens (including phenoxy) is 2. The Labute approximate surface area is 148 Å². The third-order valence-electron chi connectivity index (χ3n) is 5.41. The van der Waals surface area contributed by atoms with E-state index in [1.807, 2.05) is 4.90 Å². The van der Waals surface area contributed by atoms with Crippen molar-refractivity contribution in [2.24, 2.45) is 5.92 Å². The molecule has 2 aliphatic rings. The highest BCUT2D eigenvalue weighted by atomic mass is 35.5. The van der Waals surface area contributed by atoms with Gasteiger partial charge in [-0.2, -0.15) is 0 Å². The second-order valence-corrected chi connectivity index (χ2v) is 7.38. The average molecular weight is 353 g/mol. The number of likely N-dealkylation sites (tertiary alicyclic amines) is 2. The van der Waals surface area contributed by atoms with Gasteiger partial charge in [-0.15, -0.1) is 0 Å². The van der Waals surface area contributed by atoms with Crippen molar-refractivity contribution in [1.29, 1.82) is 0 Å². The predicted octanol–water partition coefficient (Wildman–Crippen LogP) is 2.53. The van der Waals surface area contributed by atoms with E-state index in [0.29, 0.717) is 22.3 Å². The van der Waals surface area contributed by atoms with Crippen LogP contribution in [-0.2, 0) is 4.74 Å². The van der Waals surface area contributed by atoms with E-state index < -0.39 is 0 Å². The van der Waals surface area contributed by atoms with Gasteiger partial charge in [0.25, 0.3) is 5.91 Å². The number of nitrogens with zero attached hydrogens (tertiary/aromatic N) is 2. The summed E-state index contributed by atoms with van der Waals surface area (Å²) >= 11 is 6.14. The van der Waals surface area contributed by atoms with Crippen molar-refractivity contribution >= 4 is 17.5 Å². The number of likely N-dealkylation sites (N-methyl/N-ethyl adjacent to an activating group) is 1. The molecule has 1 spiro atoms. The summed E-state index contributed by atoms with van der Waals surface area (Å²) in [6, 6.07) is 5.20. The molecule has 2 saturated heterocycles. The van der Waals surface area contributed by atoms with Crippen molar-refractivity contribution in [3.8, 4) is 5.75 Å². The van der Waals surface area contributed by atoms with Gasteiger partial charge in [0.15, 0.2) is 0 Å². The maximum absolute atomic E-state index is 12.7. The minimum Gasteiger partial charge on any atom is -0.495 e. The van der Waals surface area contributed by atoms with Gasteiger partial charge in [0, 0.05) is 32.4 Å². The number of hydrogen-bond donors (Lipinski definition) is 0. The number of carbonyl (C=O) groups is 1. The fraction of sp³-hybridized carbons (Fsp3) is 0.611. The monoisotopic (exact) mass is 352 g/mol. The van der Waals surface area contributed by atoms with Crippen molar-refractivity contribution in [2.45, 2.75) is 18.4 Å². The van der Waals surface area contributed by atoms with Crippen LogP contribution in [0.1, 0.15) is 23.2 Å². The van der Waals surface area contributed by atoms with E-state index in [1.165, 1.54) is 0 Å². The molecule has 0 saturated carbocycles. The molecule has 0 bridgehead atoms. The lowest BCUT2D eigenvalue weighted by molar-refractivity contribution is -0.0731. The van der Waals surface area contributed by atoms with E-state index in [1.54, 1.807) is 32.4 Å². The molecule has 132 valence electrons. The molecule has 2 aliphatic heterocycles. The fourth-order valence-corrected chi connectivity index (χ4v) is 4.20. The molecule has 2 fully saturated rings. The number of carbonyl (C=O) groups excluding carboxylic acids is 1. The molecular formula is C18H25ClN2O3. The van der Waals surface area contributed by atoms with Crippen molar-refractivity contribution in [2.75, 3.05) is 47.5 Å². The molecule has 0 aliphatic carbocycles. The van der Waals surface area contributed by atoms with Crippen LogP contribution in [0.15, 0.2) is 18.2 Å². The molecule has 0 radical (unpaired) electrons. The van der Waals surface area contributed by atoms with E-state index in [-0.39, 0.29) is 11.4 Å². The van der Waals surface area contributed by atoms with Crippen LogP contribution in [0, 0.1) is 5.92 Å². The highest BCUT2D eigenvalue weighted by Crippen LogP contribution is 2.39. The maximum atomic E-state index is 12.7. The lowest BCUT2D eigenvalue weighted by Gasteiger charge is -2.58. The Hall–Kier alpha value is -1.30. The Morgan fingerprint density at radius 1 is 1.38 bits per heavy atom. The Bertz CT molecular complexity index is 616. The Balaban J connectivity index is 1.66. The van der Waals surface area contributed by atoms with Crippen LogP contribution in [-0.4, -0.2) is 68.8 Å². The van der Waals surface area contributed by atoms with Crippen molar-refractivity contribution in [1.82, 2.24) is 9.80 Å². The second-order valence-electron chi connectivity index (χ2n) is 6.97. The molecule has 3 rings (SSSR count). The third kappa shape index (κ3) is 3.13. The molecule has 1 aromatic rings. The lowest BCUT2D eigenvalue weighted by Crippen LogP contribution is -2.72. The summed E-state index contributed by atoms with van der Waals surface area (Å²) in [4.78, 5) is 17.0. The summed E-state index contributed by atoms with van der Waals surface area (Å²) in [5.74, 6) is 1.20. The normalized spacial score (nSPS) is 23.2. The molecule has 0 unspecified atom stereocenters. The van der Waals surface area contributed by atoms with E-state index in [9.17, 15) is 4.79 Å². The highest BCUT2D eigenvalue weighted by molar-refractivity contribution is 6.32. The Morgan fingerprint density at radius 3 is 2.75 bits per heavy atom. The first-order valence-electron chi connectivity index (χ1n) is 8.32. The van der Waals surface area contributed by atoms with Crippen LogP contribution >= 0.6 is 11.6 Å². The number of hydrogen-bond acceptors (Lipinski definition) is 4. The number of piperidine rings is 1. The van der Waals surface area contributed by atoms with E-state index >= 15 is 0 Å². The minimum atomic E-state index is 0.0347. The van der Waals surface area contributed by atoms with Crippen LogP contribution in [0.5, 0.6) is 5.75 Å². The fourth-order valence-electron chi connectivity index (χ4n) is 3.95. The molecule has 5 nitrogen and oxygen atoms in total. The van der Waals surface area contributed by atoms with Crippen molar-refractivity contribution in [3.05, 3.63) is 28.8 Å². The van der Waals surface area contributed by atoms with E-state index in [2.05, 4.69) is 11.9 Å². The first-order chi connectivity index (χ1) is 11.5. The lowest BCUT2D eigenvalue weighted by atomic mass is 9.75. The summed E-state index contributed by atoms with van der Waals surface area (Å²) in [5.41, 5.74) is 0.718. The molecule has 6 heteroatoms. The number of benzene rings is 1. The van der Waals surface area contributed by atoms with E-state index in [4.69, 9.17) is 21.1 Å². The van der Waals surface area contributed by atoms with Gasteiger partial charge in [0.1, 0.15) is 5.75 Å². The predicted molar refractivity (Wildman–Crippen MR) is 93.9 cm³/mol. The number of rotatable bonds is 4. The van der Waals surface area contributed by atoms with Crippen LogP contribution < -0.4 is 4.74 Å². The number of amides is 1. The molecule has 1 atom stereocenters. The van der Waals surface area contributed by atoms with Crippen LogP contribution in [0.2, 0.25) is 5.02 Å². The van der Waals surface area contributed by atoms with Gasteiger partial charge in [-0.1, -0.05) is 11.6 Å². The van der Waals surface area contributed by atoms with Gasteiger partial charge < -0.3 is 14.4 Å². The van der Waals surface area contributed by atoms with Crippen LogP contribution in [0.25, 0.3) is 0 Å². The van der Waals surface area contributed by atoms with Gasteiger partial charge in [-0.05, 0) is 50.6 Å². The minimum absolute atomic E-state index is 0.0347. The molecule has 24 heavy (non-hydrogen) atoms. The zero-order valence-corrected chi connectivity index (χ0v) is 15.3. The Kier molecular flexibility index (Phi) is 5.04. The van der Waals surface area contributed by atoms with Gasteiger partial charge in [0.2, 0.25) is 0 Å². The number of methoxy groups -OCH3 is 2. The van der Waals surface area contributed by atoms with Crippen LogP contribution in [0.3, 0.4) is 0 Å². The summed E-state index contributed by atoms with van der Waals surface area (Å²) in [5, 5.41) is 0.466. The SMILES string of the molecule is COC[C@@H]1CCN(C)C2(C1)CN(C(=O)c1ccc(OC)c(Cl)c1)C2.